The molecule has 1 aliphatic rings. The molecule has 0 spiro atoms. The van der Waals surface area contributed by atoms with E-state index >= 15 is 0 Å². The zero-order valence-electron chi connectivity index (χ0n) is 17.9. The van der Waals surface area contributed by atoms with Crippen LogP contribution in [0.5, 0.6) is 0 Å². The van der Waals surface area contributed by atoms with Gasteiger partial charge in [0.2, 0.25) is 17.8 Å². The van der Waals surface area contributed by atoms with Gasteiger partial charge in [0.05, 0.1) is 11.4 Å². The highest BCUT2D eigenvalue weighted by Crippen LogP contribution is 2.36. The van der Waals surface area contributed by atoms with E-state index in [1.54, 1.807) is 23.1 Å². The zero-order chi connectivity index (χ0) is 24.0. The normalized spacial score (nSPS) is 16.3. The first kappa shape index (κ1) is 24.6. The summed E-state index contributed by atoms with van der Waals surface area (Å²) in [6.45, 7) is 2.53. The average Bonchev–Trinajstić information content (AvgIpc) is 2.75. The van der Waals surface area contributed by atoms with Gasteiger partial charge in [0, 0.05) is 44.6 Å². The summed E-state index contributed by atoms with van der Waals surface area (Å²) < 4.78 is 40.9. The van der Waals surface area contributed by atoms with Gasteiger partial charge in [0.15, 0.2) is 0 Å². The number of aromatic nitrogens is 2. The van der Waals surface area contributed by atoms with Gasteiger partial charge in [-0.15, -0.1) is 11.6 Å². The van der Waals surface area contributed by atoms with Gasteiger partial charge in [-0.3, -0.25) is 9.59 Å². The van der Waals surface area contributed by atoms with Crippen LogP contribution in [0.3, 0.4) is 0 Å². The molecule has 2 amide bonds. The summed E-state index contributed by atoms with van der Waals surface area (Å²) in [7, 11) is 0. The molecule has 33 heavy (non-hydrogen) atoms. The number of anilines is 4. The minimum Gasteiger partial charge on any atom is -0.350 e. The summed E-state index contributed by atoms with van der Waals surface area (Å²) >= 11 is 5.58. The van der Waals surface area contributed by atoms with E-state index in [-0.39, 0.29) is 41.8 Å². The van der Waals surface area contributed by atoms with Crippen LogP contribution in [0.25, 0.3) is 0 Å². The van der Waals surface area contributed by atoms with Crippen molar-refractivity contribution in [1.29, 1.82) is 0 Å². The van der Waals surface area contributed by atoms with Crippen molar-refractivity contribution in [3.8, 4) is 0 Å². The monoisotopic (exact) mass is 484 g/mol. The van der Waals surface area contributed by atoms with Crippen LogP contribution in [0.4, 0.5) is 36.3 Å². The lowest BCUT2D eigenvalue weighted by molar-refractivity contribution is -0.137. The maximum Gasteiger partial charge on any atom is 0.421 e. The number of para-hydroxylation sites is 2. The average molecular weight is 485 g/mol. The van der Waals surface area contributed by atoms with Gasteiger partial charge in [0.1, 0.15) is 11.4 Å². The van der Waals surface area contributed by atoms with Crippen LogP contribution in [0, 0.1) is 0 Å². The molecule has 2 heterocycles. The van der Waals surface area contributed by atoms with E-state index in [2.05, 4.69) is 25.9 Å². The van der Waals surface area contributed by atoms with Crippen LogP contribution < -0.4 is 16.0 Å². The number of benzene rings is 1. The topological polar surface area (TPSA) is 99.3 Å². The van der Waals surface area contributed by atoms with Crippen LogP contribution in [-0.4, -0.2) is 51.7 Å². The Morgan fingerprint density at radius 3 is 2.64 bits per heavy atom. The lowest BCUT2D eigenvalue weighted by Gasteiger charge is -2.32. The molecule has 2 aromatic rings. The van der Waals surface area contributed by atoms with E-state index < -0.39 is 17.6 Å². The fourth-order valence-corrected chi connectivity index (χ4v) is 3.62. The predicted octanol–water partition coefficient (Wildman–Crippen LogP) is 4.23. The fourth-order valence-electron chi connectivity index (χ4n) is 3.44. The molecule has 0 aliphatic carbocycles. The van der Waals surface area contributed by atoms with Crippen molar-refractivity contribution in [2.24, 2.45) is 0 Å². The fraction of sp³-hybridized carbons (Fsp3) is 0.429. The first-order chi connectivity index (χ1) is 15.7. The van der Waals surface area contributed by atoms with Crippen molar-refractivity contribution in [2.45, 2.75) is 38.4 Å². The molecule has 0 saturated carbocycles. The number of carbonyl (C=O) groups is 2. The summed E-state index contributed by atoms with van der Waals surface area (Å²) in [6.07, 6.45) is -2.44. The van der Waals surface area contributed by atoms with Gasteiger partial charge in [-0.1, -0.05) is 12.1 Å². The number of hydrogen-bond acceptors (Lipinski definition) is 6. The third-order valence-electron chi connectivity index (χ3n) is 5.07. The molecular formula is C21H24ClF3N6O2. The van der Waals surface area contributed by atoms with E-state index in [0.29, 0.717) is 25.0 Å². The van der Waals surface area contributed by atoms with Crippen LogP contribution >= 0.6 is 11.6 Å². The van der Waals surface area contributed by atoms with Crippen molar-refractivity contribution < 1.29 is 22.8 Å². The molecule has 1 fully saturated rings. The number of amides is 2. The molecule has 8 nitrogen and oxygen atoms in total. The SMILES string of the molecule is CC(=O)N1CCCC(Nc2ncc(C(F)(F)F)c(Nc3ccccc3NC(=O)CCCl)n2)C1. The van der Waals surface area contributed by atoms with E-state index in [9.17, 15) is 22.8 Å². The van der Waals surface area contributed by atoms with Crippen LogP contribution in [-0.2, 0) is 15.8 Å². The number of hydrogen-bond donors (Lipinski definition) is 3. The second-order valence-corrected chi connectivity index (χ2v) is 7.94. The Hall–Kier alpha value is -3.08. The van der Waals surface area contributed by atoms with Crippen LogP contribution in [0.15, 0.2) is 30.5 Å². The Morgan fingerprint density at radius 2 is 1.97 bits per heavy atom. The number of alkyl halides is 4. The van der Waals surface area contributed by atoms with E-state index in [0.717, 1.165) is 12.8 Å². The Kier molecular flexibility index (Phi) is 7.96. The highest BCUT2D eigenvalue weighted by atomic mass is 35.5. The third kappa shape index (κ3) is 6.70. The summed E-state index contributed by atoms with van der Waals surface area (Å²) in [5.41, 5.74) is -0.529. The molecule has 178 valence electrons. The molecule has 1 unspecified atom stereocenters. The first-order valence-electron chi connectivity index (χ1n) is 10.4. The van der Waals surface area contributed by atoms with Gasteiger partial charge in [-0.05, 0) is 25.0 Å². The molecule has 1 aliphatic heterocycles. The highest BCUT2D eigenvalue weighted by Gasteiger charge is 2.36. The molecular weight excluding hydrogens is 461 g/mol. The number of piperidine rings is 1. The smallest absolute Gasteiger partial charge is 0.350 e. The second kappa shape index (κ2) is 10.7. The maximum atomic E-state index is 13.6. The molecule has 1 aromatic carbocycles. The summed E-state index contributed by atoms with van der Waals surface area (Å²) in [5, 5.41) is 8.32. The first-order valence-corrected chi connectivity index (χ1v) is 10.9. The largest absolute Gasteiger partial charge is 0.421 e. The van der Waals surface area contributed by atoms with Gasteiger partial charge in [-0.2, -0.15) is 18.2 Å². The summed E-state index contributed by atoms with van der Waals surface area (Å²) in [5.74, 6) is -0.775. The lowest BCUT2D eigenvalue weighted by Crippen LogP contribution is -2.44. The van der Waals surface area contributed by atoms with Gasteiger partial charge in [0.25, 0.3) is 0 Å². The van der Waals surface area contributed by atoms with E-state index in [1.807, 2.05) is 0 Å². The standard InChI is InChI=1S/C21H24ClF3N6O2/c1-13(32)31-10-4-5-14(12-31)27-20-26-11-15(21(23,24)25)19(30-20)29-17-7-3-2-6-16(17)28-18(33)8-9-22/h2-3,6-7,11,14H,4-5,8-10,12H2,1H3,(H,28,33)(H2,26,27,29,30). The quantitative estimate of drug-likeness (QED) is 0.509. The van der Waals surface area contributed by atoms with Crippen molar-refractivity contribution in [1.82, 2.24) is 14.9 Å². The Bertz CT molecular complexity index is 1000. The molecule has 1 atom stereocenters. The minimum atomic E-state index is -4.70. The number of carbonyl (C=O) groups excluding carboxylic acids is 2. The van der Waals surface area contributed by atoms with Crippen molar-refractivity contribution in [2.75, 3.05) is 34.9 Å². The van der Waals surface area contributed by atoms with Crippen LogP contribution in [0.1, 0.15) is 31.7 Å². The van der Waals surface area contributed by atoms with Gasteiger partial charge >= 0.3 is 6.18 Å². The van der Waals surface area contributed by atoms with Crippen molar-refractivity contribution >= 4 is 46.6 Å². The number of halogens is 4. The van der Waals surface area contributed by atoms with Crippen molar-refractivity contribution in [3.63, 3.8) is 0 Å². The Morgan fingerprint density at radius 1 is 1.24 bits per heavy atom. The summed E-state index contributed by atoms with van der Waals surface area (Å²) in [6, 6.07) is 6.15. The molecule has 12 heteroatoms. The second-order valence-electron chi connectivity index (χ2n) is 7.56. The van der Waals surface area contributed by atoms with E-state index in [1.165, 1.54) is 13.0 Å². The third-order valence-corrected chi connectivity index (χ3v) is 5.26. The Labute approximate surface area is 193 Å². The zero-order valence-corrected chi connectivity index (χ0v) is 18.6. The molecule has 3 N–H and O–H groups in total. The van der Waals surface area contributed by atoms with E-state index in [4.69, 9.17) is 11.6 Å². The molecule has 1 saturated heterocycles. The number of nitrogens with zero attached hydrogens (tertiary/aromatic N) is 3. The molecule has 0 radical (unpaired) electrons. The Balaban J connectivity index is 1.86. The predicted molar refractivity (Wildman–Crippen MR) is 120 cm³/mol. The molecule has 1 aromatic heterocycles. The van der Waals surface area contributed by atoms with Gasteiger partial charge < -0.3 is 20.9 Å². The molecule has 3 rings (SSSR count). The number of rotatable bonds is 7. The summed E-state index contributed by atoms with van der Waals surface area (Å²) in [4.78, 5) is 33.2. The highest BCUT2D eigenvalue weighted by molar-refractivity contribution is 6.19. The van der Waals surface area contributed by atoms with Crippen molar-refractivity contribution in [3.05, 3.63) is 36.0 Å². The number of likely N-dealkylation sites (tertiary alicyclic amines) is 1. The van der Waals surface area contributed by atoms with Crippen LogP contribution in [0.2, 0.25) is 0 Å². The molecule has 0 bridgehead atoms. The lowest BCUT2D eigenvalue weighted by atomic mass is 10.1. The number of nitrogens with one attached hydrogen (secondary N) is 3. The maximum absolute atomic E-state index is 13.6. The van der Waals surface area contributed by atoms with Gasteiger partial charge in [-0.25, -0.2) is 4.98 Å². The minimum absolute atomic E-state index is 0.00422.